The number of nitrogens with zero attached hydrogens (tertiary/aromatic N) is 3. The van der Waals surface area contributed by atoms with Gasteiger partial charge in [0.15, 0.2) is 5.65 Å². The van der Waals surface area contributed by atoms with E-state index in [-0.39, 0.29) is 0 Å². The monoisotopic (exact) mass is 288 g/mol. The number of anilines is 1. The fraction of sp³-hybridized carbons (Fsp3) is 0. The normalized spacial score (nSPS) is 10.9. The fourth-order valence-electron chi connectivity index (χ4n) is 1.67. The van der Waals surface area contributed by atoms with Crippen LogP contribution in [0.15, 0.2) is 47.3 Å². The predicted octanol–water partition coefficient (Wildman–Crippen LogP) is 2.74. The molecule has 3 rings (SSSR count). The molecule has 84 valence electrons. The number of rotatable bonds is 1. The maximum atomic E-state index is 5.66. The van der Waals surface area contributed by atoms with Crippen LogP contribution in [-0.2, 0) is 0 Å². The first-order valence-electron chi connectivity index (χ1n) is 5.09. The number of halogens is 1. The van der Waals surface area contributed by atoms with Crippen LogP contribution in [0.2, 0.25) is 0 Å². The van der Waals surface area contributed by atoms with Crippen molar-refractivity contribution < 1.29 is 0 Å². The van der Waals surface area contributed by atoms with Gasteiger partial charge in [-0.3, -0.25) is 0 Å². The smallest absolute Gasteiger partial charge is 0.169 e. The Labute approximate surface area is 106 Å². The van der Waals surface area contributed by atoms with E-state index in [1.807, 2.05) is 36.7 Å². The molecule has 0 aliphatic heterocycles. The Bertz CT molecular complexity index is 673. The molecule has 0 atom stereocenters. The van der Waals surface area contributed by atoms with Crippen LogP contribution >= 0.6 is 15.9 Å². The first-order chi connectivity index (χ1) is 8.24. The molecule has 0 fully saturated rings. The van der Waals surface area contributed by atoms with Crippen LogP contribution < -0.4 is 5.73 Å². The van der Waals surface area contributed by atoms with Gasteiger partial charge in [-0.15, -0.1) is 0 Å². The van der Waals surface area contributed by atoms with E-state index in [0.717, 1.165) is 26.9 Å². The van der Waals surface area contributed by atoms with Crippen molar-refractivity contribution in [2.45, 2.75) is 0 Å². The molecule has 0 spiro atoms. The van der Waals surface area contributed by atoms with Crippen molar-refractivity contribution in [1.29, 1.82) is 0 Å². The third-order valence-electron chi connectivity index (χ3n) is 2.56. The van der Waals surface area contributed by atoms with E-state index >= 15 is 0 Å². The van der Waals surface area contributed by atoms with Gasteiger partial charge in [0.05, 0.1) is 10.7 Å². The zero-order valence-corrected chi connectivity index (χ0v) is 10.4. The number of hydrogen-bond acceptors (Lipinski definition) is 3. The molecular weight excluding hydrogens is 280 g/mol. The Kier molecular flexibility index (Phi) is 2.33. The van der Waals surface area contributed by atoms with Gasteiger partial charge in [-0.05, 0) is 33.6 Å². The summed E-state index contributed by atoms with van der Waals surface area (Å²) in [4.78, 5) is 4.36. The second-order valence-electron chi connectivity index (χ2n) is 3.73. The summed E-state index contributed by atoms with van der Waals surface area (Å²) in [7, 11) is 0. The van der Waals surface area contributed by atoms with E-state index in [9.17, 15) is 0 Å². The maximum absolute atomic E-state index is 5.66. The van der Waals surface area contributed by atoms with Crippen molar-refractivity contribution >= 4 is 27.3 Å². The van der Waals surface area contributed by atoms with Crippen molar-refractivity contribution in [2.24, 2.45) is 0 Å². The van der Waals surface area contributed by atoms with Crippen LogP contribution in [0.25, 0.3) is 16.8 Å². The molecule has 5 heteroatoms. The molecular formula is C12H9BrN4. The van der Waals surface area contributed by atoms with Crippen molar-refractivity contribution in [2.75, 3.05) is 5.73 Å². The lowest BCUT2D eigenvalue weighted by Crippen LogP contribution is -1.91. The second-order valence-corrected chi connectivity index (χ2v) is 4.58. The largest absolute Gasteiger partial charge is 0.399 e. The van der Waals surface area contributed by atoms with Crippen molar-refractivity contribution in [1.82, 2.24) is 14.6 Å². The Hall–Kier alpha value is -1.88. The Morgan fingerprint density at radius 1 is 1.06 bits per heavy atom. The minimum atomic E-state index is 0.754. The number of nitrogens with two attached hydrogens (primary N) is 1. The van der Waals surface area contributed by atoms with E-state index in [0.29, 0.717) is 0 Å². The standard InChI is InChI=1S/C12H9BrN4/c13-11-6-16-17-7-9(5-15-12(11)17)8-1-3-10(14)4-2-8/h1-7H,14H2. The van der Waals surface area contributed by atoms with Gasteiger partial charge < -0.3 is 5.73 Å². The highest BCUT2D eigenvalue weighted by Crippen LogP contribution is 2.22. The van der Waals surface area contributed by atoms with Crippen LogP contribution in [0.5, 0.6) is 0 Å². The van der Waals surface area contributed by atoms with Gasteiger partial charge in [0.25, 0.3) is 0 Å². The molecule has 0 bridgehead atoms. The number of nitrogen functional groups attached to an aromatic ring is 1. The molecule has 17 heavy (non-hydrogen) atoms. The van der Waals surface area contributed by atoms with Crippen LogP contribution in [0.4, 0.5) is 5.69 Å². The van der Waals surface area contributed by atoms with Gasteiger partial charge in [0.2, 0.25) is 0 Å². The highest BCUT2D eigenvalue weighted by Gasteiger charge is 2.04. The van der Waals surface area contributed by atoms with Gasteiger partial charge in [-0.25, -0.2) is 9.50 Å². The summed E-state index contributed by atoms with van der Waals surface area (Å²) in [6.45, 7) is 0. The average Bonchev–Trinajstić information content (AvgIpc) is 2.72. The number of fused-ring (bicyclic) bond motifs is 1. The Balaban J connectivity index is 2.14. The van der Waals surface area contributed by atoms with Crippen LogP contribution in [0, 0.1) is 0 Å². The molecule has 1 aromatic carbocycles. The molecule has 0 unspecified atom stereocenters. The molecule has 2 N–H and O–H groups in total. The van der Waals surface area contributed by atoms with Crippen molar-refractivity contribution in [3.63, 3.8) is 0 Å². The lowest BCUT2D eigenvalue weighted by molar-refractivity contribution is 0.941. The van der Waals surface area contributed by atoms with Gasteiger partial charge in [0.1, 0.15) is 0 Å². The summed E-state index contributed by atoms with van der Waals surface area (Å²) >= 11 is 3.39. The number of hydrogen-bond donors (Lipinski definition) is 1. The molecule has 0 radical (unpaired) electrons. The first-order valence-corrected chi connectivity index (χ1v) is 5.88. The third-order valence-corrected chi connectivity index (χ3v) is 3.12. The molecule has 4 nitrogen and oxygen atoms in total. The first kappa shape index (κ1) is 10.3. The number of aromatic nitrogens is 3. The van der Waals surface area contributed by atoms with Crippen LogP contribution in [0.3, 0.4) is 0 Å². The van der Waals surface area contributed by atoms with Crippen molar-refractivity contribution in [3.05, 3.63) is 47.3 Å². The van der Waals surface area contributed by atoms with E-state index in [1.165, 1.54) is 0 Å². The Morgan fingerprint density at radius 2 is 1.82 bits per heavy atom. The zero-order chi connectivity index (χ0) is 11.8. The van der Waals surface area contributed by atoms with Gasteiger partial charge in [0, 0.05) is 23.6 Å². The van der Waals surface area contributed by atoms with Gasteiger partial charge in [-0.2, -0.15) is 5.10 Å². The second kappa shape index (κ2) is 3.85. The van der Waals surface area contributed by atoms with E-state index in [4.69, 9.17) is 5.73 Å². The lowest BCUT2D eigenvalue weighted by atomic mass is 10.1. The summed E-state index contributed by atoms with van der Waals surface area (Å²) in [5.41, 5.74) is 9.30. The molecule has 0 amide bonds. The summed E-state index contributed by atoms with van der Waals surface area (Å²) in [6, 6.07) is 7.69. The maximum Gasteiger partial charge on any atom is 0.169 e. The molecule has 0 aliphatic rings. The van der Waals surface area contributed by atoms with Crippen LogP contribution in [0.1, 0.15) is 0 Å². The molecule has 0 saturated heterocycles. The molecule has 0 saturated carbocycles. The highest BCUT2D eigenvalue weighted by atomic mass is 79.9. The summed E-state index contributed by atoms with van der Waals surface area (Å²) in [5, 5.41) is 4.20. The molecule has 2 heterocycles. The van der Waals surface area contributed by atoms with Gasteiger partial charge in [-0.1, -0.05) is 12.1 Å². The van der Waals surface area contributed by atoms with E-state index in [1.54, 1.807) is 10.7 Å². The average molecular weight is 289 g/mol. The molecule has 0 aliphatic carbocycles. The van der Waals surface area contributed by atoms with Gasteiger partial charge >= 0.3 is 0 Å². The minimum Gasteiger partial charge on any atom is -0.399 e. The zero-order valence-electron chi connectivity index (χ0n) is 8.84. The topological polar surface area (TPSA) is 56.2 Å². The molecule has 2 aromatic heterocycles. The Morgan fingerprint density at radius 3 is 2.59 bits per heavy atom. The third kappa shape index (κ3) is 1.78. The van der Waals surface area contributed by atoms with Crippen LogP contribution in [-0.4, -0.2) is 14.6 Å². The summed E-state index contributed by atoms with van der Waals surface area (Å²) < 4.78 is 2.64. The summed E-state index contributed by atoms with van der Waals surface area (Å²) in [6.07, 6.45) is 5.50. The SMILES string of the molecule is Nc1ccc(-c2cnc3c(Br)cnn3c2)cc1. The quantitative estimate of drug-likeness (QED) is 0.701. The van der Waals surface area contributed by atoms with Crippen molar-refractivity contribution in [3.8, 4) is 11.1 Å². The van der Waals surface area contributed by atoms with E-state index < -0.39 is 0 Å². The summed E-state index contributed by atoms with van der Waals surface area (Å²) in [5.74, 6) is 0. The van der Waals surface area contributed by atoms with E-state index in [2.05, 4.69) is 26.0 Å². The minimum absolute atomic E-state index is 0.754. The predicted molar refractivity (Wildman–Crippen MR) is 70.5 cm³/mol. The number of benzene rings is 1. The fourth-order valence-corrected chi connectivity index (χ4v) is 2.05. The lowest BCUT2D eigenvalue weighted by Gasteiger charge is -2.02. The highest BCUT2D eigenvalue weighted by molar-refractivity contribution is 9.10. The molecule has 3 aromatic rings.